The summed E-state index contributed by atoms with van der Waals surface area (Å²) in [6.07, 6.45) is 5.19. The highest BCUT2D eigenvalue weighted by Crippen LogP contribution is 2.42. The number of nitrogens with one attached hydrogen (secondary N) is 1. The Bertz CT molecular complexity index is 507. The van der Waals surface area contributed by atoms with E-state index in [9.17, 15) is 18.0 Å². The van der Waals surface area contributed by atoms with Gasteiger partial charge in [-0.15, -0.1) is 0 Å². The molecular formula is C14H23NO5S. The van der Waals surface area contributed by atoms with Crippen LogP contribution in [0.1, 0.15) is 51.4 Å². The lowest BCUT2D eigenvalue weighted by atomic mass is 9.69. The summed E-state index contributed by atoms with van der Waals surface area (Å²) in [6.45, 7) is 0. The molecular weight excluding hydrogens is 294 g/mol. The topological polar surface area (TPSA) is 101 Å². The summed E-state index contributed by atoms with van der Waals surface area (Å²) in [5.74, 6) is -0.948. The van der Waals surface area contributed by atoms with Crippen molar-refractivity contribution >= 4 is 21.7 Å². The van der Waals surface area contributed by atoms with Gasteiger partial charge in [0.2, 0.25) is 5.91 Å². The minimum Gasteiger partial charge on any atom is -0.481 e. The first-order valence-corrected chi connectivity index (χ1v) is 9.34. The van der Waals surface area contributed by atoms with Crippen molar-refractivity contribution in [3.8, 4) is 0 Å². The number of amides is 1. The molecule has 0 aromatic heterocycles. The van der Waals surface area contributed by atoms with Crippen LogP contribution in [0.5, 0.6) is 0 Å². The van der Waals surface area contributed by atoms with Crippen molar-refractivity contribution in [1.29, 1.82) is 0 Å². The number of hydrogen-bond donors (Lipinski definition) is 2. The summed E-state index contributed by atoms with van der Waals surface area (Å²) in [5, 5.41) is 11.9. The first kappa shape index (κ1) is 16.3. The maximum absolute atomic E-state index is 12.2. The van der Waals surface area contributed by atoms with E-state index in [1.807, 2.05) is 0 Å². The van der Waals surface area contributed by atoms with Gasteiger partial charge in [0.05, 0.1) is 17.9 Å². The van der Waals surface area contributed by atoms with Crippen LogP contribution in [0.25, 0.3) is 0 Å². The van der Waals surface area contributed by atoms with Crippen LogP contribution < -0.4 is 5.32 Å². The Morgan fingerprint density at radius 1 is 1.14 bits per heavy atom. The second-order valence-electron chi connectivity index (χ2n) is 6.48. The average Bonchev–Trinajstić information content (AvgIpc) is 2.68. The monoisotopic (exact) mass is 317 g/mol. The third kappa shape index (κ3) is 4.69. The van der Waals surface area contributed by atoms with Gasteiger partial charge < -0.3 is 10.4 Å². The number of carboxylic acids is 1. The molecule has 0 radical (unpaired) electrons. The van der Waals surface area contributed by atoms with Crippen LogP contribution in [0.2, 0.25) is 0 Å². The lowest BCUT2D eigenvalue weighted by Crippen LogP contribution is -2.40. The highest BCUT2D eigenvalue weighted by atomic mass is 32.2. The van der Waals surface area contributed by atoms with Crippen molar-refractivity contribution in [2.45, 2.75) is 57.4 Å². The molecule has 7 heteroatoms. The molecule has 1 aliphatic carbocycles. The fourth-order valence-corrected chi connectivity index (χ4v) is 5.24. The van der Waals surface area contributed by atoms with Gasteiger partial charge in [0.1, 0.15) is 0 Å². The Labute approximate surface area is 125 Å². The highest BCUT2D eigenvalue weighted by molar-refractivity contribution is 7.91. The molecule has 1 heterocycles. The quantitative estimate of drug-likeness (QED) is 0.791. The minimum absolute atomic E-state index is 0.00463. The molecule has 2 rings (SSSR count). The average molecular weight is 317 g/mol. The number of carbonyl (C=O) groups excluding carboxylic acids is 1. The summed E-state index contributed by atoms with van der Waals surface area (Å²) >= 11 is 0. The van der Waals surface area contributed by atoms with Gasteiger partial charge in [0.15, 0.2) is 9.84 Å². The molecule has 120 valence electrons. The van der Waals surface area contributed by atoms with Crippen molar-refractivity contribution in [1.82, 2.24) is 5.32 Å². The highest BCUT2D eigenvalue weighted by Gasteiger charge is 2.37. The van der Waals surface area contributed by atoms with Crippen LogP contribution in [-0.4, -0.2) is 42.9 Å². The summed E-state index contributed by atoms with van der Waals surface area (Å²) in [7, 11) is -3.02. The first-order valence-electron chi connectivity index (χ1n) is 7.52. The zero-order chi connectivity index (χ0) is 15.5. The van der Waals surface area contributed by atoms with Gasteiger partial charge in [-0.2, -0.15) is 0 Å². The number of sulfone groups is 1. The zero-order valence-corrected chi connectivity index (χ0v) is 13.0. The lowest BCUT2D eigenvalue weighted by Gasteiger charge is -2.35. The van der Waals surface area contributed by atoms with E-state index in [4.69, 9.17) is 5.11 Å². The molecule has 2 N–H and O–H groups in total. The number of hydrogen-bond acceptors (Lipinski definition) is 4. The standard InChI is InChI=1S/C14H23NO5S/c16-12(15-11-4-7-21(19,20)10-11)8-14(9-13(17)18)5-2-1-3-6-14/h11H,1-10H2,(H,15,16)(H,17,18). The number of rotatable bonds is 5. The van der Waals surface area contributed by atoms with Gasteiger partial charge in [-0.25, -0.2) is 8.42 Å². The van der Waals surface area contributed by atoms with Crippen LogP contribution in [-0.2, 0) is 19.4 Å². The molecule has 1 amide bonds. The maximum atomic E-state index is 12.2. The van der Waals surface area contributed by atoms with E-state index in [0.717, 1.165) is 32.1 Å². The second-order valence-corrected chi connectivity index (χ2v) is 8.70. The molecule has 2 fully saturated rings. The normalized spacial score (nSPS) is 27.1. The van der Waals surface area contributed by atoms with Crippen LogP contribution >= 0.6 is 0 Å². The molecule has 0 aromatic carbocycles. The Balaban J connectivity index is 1.93. The molecule has 0 aromatic rings. The molecule has 6 nitrogen and oxygen atoms in total. The van der Waals surface area contributed by atoms with Crippen molar-refractivity contribution in [2.24, 2.45) is 5.41 Å². The van der Waals surface area contributed by atoms with Crippen LogP contribution in [0, 0.1) is 5.41 Å². The molecule has 1 aliphatic heterocycles. The summed E-state index contributed by atoms with van der Waals surface area (Å²) < 4.78 is 22.8. The van der Waals surface area contributed by atoms with Gasteiger partial charge in [-0.05, 0) is 24.7 Å². The molecule has 1 atom stereocenters. The predicted octanol–water partition coefficient (Wildman–Crippen LogP) is 1.10. The third-order valence-electron chi connectivity index (χ3n) is 4.57. The minimum atomic E-state index is -3.02. The smallest absolute Gasteiger partial charge is 0.303 e. The van der Waals surface area contributed by atoms with Crippen LogP contribution in [0.3, 0.4) is 0 Å². The van der Waals surface area contributed by atoms with E-state index in [-0.39, 0.29) is 36.3 Å². The van der Waals surface area contributed by atoms with E-state index in [1.54, 1.807) is 0 Å². The fraction of sp³-hybridized carbons (Fsp3) is 0.857. The Morgan fingerprint density at radius 2 is 1.81 bits per heavy atom. The van der Waals surface area contributed by atoms with Crippen molar-refractivity contribution in [2.75, 3.05) is 11.5 Å². The lowest BCUT2D eigenvalue weighted by molar-refractivity contribution is -0.141. The largest absolute Gasteiger partial charge is 0.481 e. The van der Waals surface area contributed by atoms with Gasteiger partial charge in [0.25, 0.3) is 0 Å². The molecule has 2 aliphatic rings. The molecule has 0 spiro atoms. The van der Waals surface area contributed by atoms with Crippen LogP contribution in [0.4, 0.5) is 0 Å². The van der Waals surface area contributed by atoms with Gasteiger partial charge in [-0.3, -0.25) is 9.59 Å². The maximum Gasteiger partial charge on any atom is 0.303 e. The summed E-state index contributed by atoms with van der Waals surface area (Å²) in [5.41, 5.74) is -0.453. The Kier molecular flexibility index (Phi) is 4.91. The third-order valence-corrected chi connectivity index (χ3v) is 6.34. The molecule has 1 saturated carbocycles. The number of aliphatic carboxylic acids is 1. The van der Waals surface area contributed by atoms with Crippen molar-refractivity contribution in [3.05, 3.63) is 0 Å². The fourth-order valence-electron chi connectivity index (χ4n) is 3.57. The Hall–Kier alpha value is -1.11. The van der Waals surface area contributed by atoms with Crippen LogP contribution in [0.15, 0.2) is 0 Å². The van der Waals surface area contributed by atoms with Crippen molar-refractivity contribution in [3.63, 3.8) is 0 Å². The first-order chi connectivity index (χ1) is 9.80. The summed E-state index contributed by atoms with van der Waals surface area (Å²) in [4.78, 5) is 23.2. The second kappa shape index (κ2) is 6.34. The molecule has 1 unspecified atom stereocenters. The van der Waals surface area contributed by atoms with Gasteiger partial charge >= 0.3 is 5.97 Å². The van der Waals surface area contributed by atoms with Crippen molar-refractivity contribution < 1.29 is 23.1 Å². The number of carboxylic acid groups (broad SMARTS) is 1. The van der Waals surface area contributed by atoms with Gasteiger partial charge in [-0.1, -0.05) is 19.3 Å². The molecule has 0 bridgehead atoms. The molecule has 1 saturated heterocycles. The SMILES string of the molecule is O=C(O)CC1(CC(=O)NC2CCS(=O)(=O)C2)CCCCC1. The van der Waals surface area contributed by atoms with E-state index in [2.05, 4.69) is 5.32 Å². The van der Waals surface area contributed by atoms with E-state index >= 15 is 0 Å². The van der Waals surface area contributed by atoms with E-state index < -0.39 is 21.2 Å². The van der Waals surface area contributed by atoms with Gasteiger partial charge in [0, 0.05) is 12.5 Å². The Morgan fingerprint density at radius 3 is 2.33 bits per heavy atom. The number of carbonyl (C=O) groups is 2. The predicted molar refractivity (Wildman–Crippen MR) is 77.6 cm³/mol. The van der Waals surface area contributed by atoms with E-state index in [0.29, 0.717) is 6.42 Å². The zero-order valence-electron chi connectivity index (χ0n) is 12.1. The molecule has 21 heavy (non-hydrogen) atoms. The summed E-state index contributed by atoms with van der Waals surface area (Å²) in [6, 6.07) is -0.312. The van der Waals surface area contributed by atoms with E-state index in [1.165, 1.54) is 0 Å².